The van der Waals surface area contributed by atoms with Gasteiger partial charge < -0.3 is 19.7 Å². The van der Waals surface area contributed by atoms with Crippen LogP contribution in [0.5, 0.6) is 11.5 Å². The molecule has 0 saturated carbocycles. The highest BCUT2D eigenvalue weighted by Gasteiger charge is 2.16. The molecule has 0 atom stereocenters. The van der Waals surface area contributed by atoms with E-state index in [9.17, 15) is 9.90 Å². The Labute approximate surface area is 173 Å². The molecule has 0 amide bonds. The molecule has 0 fully saturated rings. The zero-order chi connectivity index (χ0) is 20.4. The maximum atomic E-state index is 12.3. The maximum Gasteiger partial charge on any atom is 0.266 e. The summed E-state index contributed by atoms with van der Waals surface area (Å²) in [5, 5.41) is 14.3. The third kappa shape index (κ3) is 3.73. The van der Waals surface area contributed by atoms with Crippen molar-refractivity contribution in [3.05, 3.63) is 58.2 Å². The van der Waals surface area contributed by atoms with Gasteiger partial charge in [0, 0.05) is 28.4 Å². The fraction of sp³-hybridized carbons (Fsp3) is 0.261. The van der Waals surface area contributed by atoms with Crippen LogP contribution in [0.1, 0.15) is 13.8 Å². The third-order valence-electron chi connectivity index (χ3n) is 5.27. The van der Waals surface area contributed by atoms with Gasteiger partial charge in [0.25, 0.3) is 5.56 Å². The Morgan fingerprint density at radius 2 is 1.97 bits per heavy atom. The lowest BCUT2D eigenvalue weighted by molar-refractivity contribution is 0.223. The van der Waals surface area contributed by atoms with Gasteiger partial charge >= 0.3 is 0 Å². The van der Waals surface area contributed by atoms with Crippen LogP contribution in [-0.2, 0) is 0 Å². The van der Waals surface area contributed by atoms with Gasteiger partial charge in [-0.25, -0.2) is 0 Å². The number of nitrogens with zero attached hydrogens (tertiary/aromatic N) is 1. The number of aromatic amines is 1. The second-order valence-corrected chi connectivity index (χ2v) is 7.82. The van der Waals surface area contributed by atoms with Crippen molar-refractivity contribution in [1.82, 2.24) is 9.88 Å². The molecular formula is C23H24N2O3S. The molecule has 5 nitrogen and oxygen atoms in total. The van der Waals surface area contributed by atoms with Crippen LogP contribution in [0.4, 0.5) is 0 Å². The highest BCUT2D eigenvalue weighted by atomic mass is 32.1. The summed E-state index contributed by atoms with van der Waals surface area (Å²) in [5.41, 5.74) is 2.17. The zero-order valence-electron chi connectivity index (χ0n) is 16.6. The number of aromatic hydroxyl groups is 1. The molecule has 2 aromatic carbocycles. The highest BCUT2D eigenvalue weighted by molar-refractivity contribution is 7.17. The number of ether oxygens (including phenoxy) is 1. The Morgan fingerprint density at radius 1 is 1.14 bits per heavy atom. The predicted molar refractivity (Wildman–Crippen MR) is 120 cm³/mol. The van der Waals surface area contributed by atoms with Gasteiger partial charge in [0.2, 0.25) is 0 Å². The SMILES string of the molecule is CCN(CC)CCOc1cccc(-c2c(O)ccc3[nH]c(=O)c4sccc4c23)c1. The normalized spacial score (nSPS) is 11.6. The monoisotopic (exact) mass is 408 g/mol. The second-order valence-electron chi connectivity index (χ2n) is 6.90. The number of nitrogens with one attached hydrogen (secondary N) is 1. The minimum Gasteiger partial charge on any atom is -0.507 e. The smallest absolute Gasteiger partial charge is 0.266 e. The summed E-state index contributed by atoms with van der Waals surface area (Å²) in [6, 6.07) is 13.1. The van der Waals surface area contributed by atoms with E-state index in [0.29, 0.717) is 22.4 Å². The van der Waals surface area contributed by atoms with E-state index < -0.39 is 0 Å². The molecular weight excluding hydrogens is 384 g/mol. The van der Waals surface area contributed by atoms with Crippen molar-refractivity contribution < 1.29 is 9.84 Å². The quantitative estimate of drug-likeness (QED) is 0.459. The molecule has 150 valence electrons. The van der Waals surface area contributed by atoms with Crippen molar-refractivity contribution in [2.75, 3.05) is 26.2 Å². The number of likely N-dealkylation sites (N-methyl/N-ethyl adjacent to an activating group) is 1. The molecule has 0 saturated heterocycles. The fourth-order valence-electron chi connectivity index (χ4n) is 3.70. The van der Waals surface area contributed by atoms with E-state index in [1.807, 2.05) is 35.7 Å². The van der Waals surface area contributed by atoms with E-state index >= 15 is 0 Å². The first-order valence-corrected chi connectivity index (χ1v) is 10.7. The largest absolute Gasteiger partial charge is 0.507 e. The lowest BCUT2D eigenvalue weighted by Crippen LogP contribution is -2.27. The molecule has 2 N–H and O–H groups in total. The molecule has 4 rings (SSSR count). The van der Waals surface area contributed by atoms with Crippen LogP contribution in [0.15, 0.2) is 52.6 Å². The fourth-order valence-corrected chi connectivity index (χ4v) is 4.50. The van der Waals surface area contributed by atoms with Crippen LogP contribution in [0, 0.1) is 0 Å². The van der Waals surface area contributed by atoms with Crippen molar-refractivity contribution in [1.29, 1.82) is 0 Å². The standard InChI is InChI=1S/C23H24N2O3S/c1-3-25(4-2)11-12-28-16-7-5-6-15(14-16)20-19(26)9-8-18-21(20)17-10-13-29-22(17)23(27)24-18/h5-10,13-14,26H,3-4,11-12H2,1-2H3,(H,24,27). The van der Waals surface area contributed by atoms with Gasteiger partial charge in [-0.05, 0) is 54.4 Å². The number of thiophene rings is 1. The molecule has 0 radical (unpaired) electrons. The van der Waals surface area contributed by atoms with Gasteiger partial charge in [-0.15, -0.1) is 11.3 Å². The number of H-pyrrole nitrogens is 1. The Bertz CT molecular complexity index is 1210. The topological polar surface area (TPSA) is 65.6 Å². The van der Waals surface area contributed by atoms with Crippen molar-refractivity contribution in [3.8, 4) is 22.6 Å². The number of hydrogen-bond acceptors (Lipinski definition) is 5. The van der Waals surface area contributed by atoms with E-state index in [0.717, 1.165) is 41.7 Å². The first-order valence-electron chi connectivity index (χ1n) is 9.83. The van der Waals surface area contributed by atoms with Crippen LogP contribution in [0.3, 0.4) is 0 Å². The number of phenols is 1. The molecule has 0 aliphatic carbocycles. The van der Waals surface area contributed by atoms with Gasteiger partial charge in [0.1, 0.15) is 22.8 Å². The van der Waals surface area contributed by atoms with E-state index in [2.05, 4.69) is 23.7 Å². The summed E-state index contributed by atoms with van der Waals surface area (Å²) in [6.07, 6.45) is 0. The third-order valence-corrected chi connectivity index (χ3v) is 6.18. The van der Waals surface area contributed by atoms with Crippen LogP contribution in [-0.4, -0.2) is 41.2 Å². The molecule has 6 heteroatoms. The minimum atomic E-state index is -0.104. The lowest BCUT2D eigenvalue weighted by atomic mass is 9.97. The number of benzene rings is 2. The van der Waals surface area contributed by atoms with Crippen LogP contribution < -0.4 is 10.3 Å². The van der Waals surface area contributed by atoms with Crippen LogP contribution >= 0.6 is 11.3 Å². The highest BCUT2D eigenvalue weighted by Crippen LogP contribution is 2.40. The van der Waals surface area contributed by atoms with Crippen LogP contribution in [0.2, 0.25) is 0 Å². The van der Waals surface area contributed by atoms with Crippen molar-refractivity contribution in [2.45, 2.75) is 13.8 Å². The number of pyridine rings is 1. The molecule has 4 aromatic rings. The lowest BCUT2D eigenvalue weighted by Gasteiger charge is -2.18. The van der Waals surface area contributed by atoms with Gasteiger partial charge in [-0.3, -0.25) is 4.79 Å². The molecule has 0 aliphatic rings. The van der Waals surface area contributed by atoms with Crippen molar-refractivity contribution >= 4 is 32.3 Å². The first kappa shape index (κ1) is 19.5. The van der Waals surface area contributed by atoms with E-state index in [-0.39, 0.29) is 11.3 Å². The Balaban J connectivity index is 1.76. The molecule has 29 heavy (non-hydrogen) atoms. The predicted octanol–water partition coefficient (Wildman–Crippen LogP) is 4.84. The molecule has 2 heterocycles. The van der Waals surface area contributed by atoms with Gasteiger partial charge in [-0.2, -0.15) is 0 Å². The average molecular weight is 409 g/mol. The number of aromatic nitrogens is 1. The van der Waals surface area contributed by atoms with Crippen LogP contribution in [0.25, 0.3) is 32.1 Å². The summed E-state index contributed by atoms with van der Waals surface area (Å²) in [7, 11) is 0. The number of rotatable bonds is 7. The van der Waals surface area contributed by atoms with E-state index in [1.165, 1.54) is 11.3 Å². The Kier molecular flexibility index (Phi) is 5.56. The number of phenolic OH excluding ortho intramolecular Hbond substituents is 1. The van der Waals surface area contributed by atoms with E-state index in [4.69, 9.17) is 4.74 Å². The maximum absolute atomic E-state index is 12.3. The summed E-state index contributed by atoms with van der Waals surface area (Å²) >= 11 is 1.40. The molecule has 0 aliphatic heterocycles. The Morgan fingerprint density at radius 3 is 2.76 bits per heavy atom. The molecule has 0 spiro atoms. The zero-order valence-corrected chi connectivity index (χ0v) is 17.4. The molecule has 2 aromatic heterocycles. The summed E-state index contributed by atoms with van der Waals surface area (Å²) in [6.45, 7) is 7.76. The van der Waals surface area contributed by atoms with Gasteiger partial charge in [-0.1, -0.05) is 26.0 Å². The summed E-state index contributed by atoms with van der Waals surface area (Å²) in [4.78, 5) is 17.6. The second kappa shape index (κ2) is 8.27. The Hall–Kier alpha value is -2.83. The van der Waals surface area contributed by atoms with E-state index in [1.54, 1.807) is 12.1 Å². The number of hydrogen-bond donors (Lipinski definition) is 2. The summed E-state index contributed by atoms with van der Waals surface area (Å²) in [5.74, 6) is 0.939. The van der Waals surface area contributed by atoms with Gasteiger partial charge in [0.05, 0.1) is 0 Å². The minimum absolute atomic E-state index is 0.104. The van der Waals surface area contributed by atoms with Crippen molar-refractivity contribution in [2.24, 2.45) is 0 Å². The molecule has 0 unspecified atom stereocenters. The number of fused-ring (bicyclic) bond motifs is 3. The molecule has 0 bridgehead atoms. The van der Waals surface area contributed by atoms with Gasteiger partial charge in [0.15, 0.2) is 0 Å². The summed E-state index contributed by atoms with van der Waals surface area (Å²) < 4.78 is 6.63. The van der Waals surface area contributed by atoms with Crippen molar-refractivity contribution in [3.63, 3.8) is 0 Å². The first-order chi connectivity index (χ1) is 14.1. The average Bonchev–Trinajstić information content (AvgIpc) is 3.23.